The van der Waals surface area contributed by atoms with E-state index in [0.717, 1.165) is 30.3 Å². The van der Waals surface area contributed by atoms with Gasteiger partial charge in [-0.1, -0.05) is 26.8 Å². The quantitative estimate of drug-likeness (QED) is 0.796. The van der Waals surface area contributed by atoms with Gasteiger partial charge in [-0.2, -0.15) is 0 Å². The molecule has 0 saturated heterocycles. The van der Waals surface area contributed by atoms with Crippen LogP contribution in [0, 0.1) is 17.8 Å². The van der Waals surface area contributed by atoms with Gasteiger partial charge in [0.1, 0.15) is 0 Å². The fourth-order valence-electron chi connectivity index (χ4n) is 3.08. The second-order valence-electron chi connectivity index (χ2n) is 6.39. The van der Waals surface area contributed by atoms with E-state index in [1.165, 1.54) is 22.4 Å². The van der Waals surface area contributed by atoms with Crippen LogP contribution in [0.1, 0.15) is 39.2 Å². The number of aromatic nitrogens is 1. The molecule has 0 aliphatic carbocycles. The molecule has 2 heterocycles. The minimum atomic E-state index is 0.712. The maximum Gasteiger partial charge on any atom is 0.0818 e. The lowest BCUT2D eigenvalue weighted by Gasteiger charge is -2.29. The third-order valence-electron chi connectivity index (χ3n) is 4.27. The molecule has 0 spiro atoms. The Morgan fingerprint density at radius 1 is 1.35 bits per heavy atom. The van der Waals surface area contributed by atoms with Gasteiger partial charge in [0.05, 0.1) is 15.7 Å². The summed E-state index contributed by atoms with van der Waals surface area (Å²) >= 11 is 1.70. The van der Waals surface area contributed by atoms with Crippen LogP contribution in [0.3, 0.4) is 0 Å². The number of aliphatic imine (C=N–C) groups is 1. The van der Waals surface area contributed by atoms with Gasteiger partial charge in [0.25, 0.3) is 0 Å². The van der Waals surface area contributed by atoms with E-state index in [1.54, 1.807) is 11.3 Å². The molecule has 0 radical (unpaired) electrons. The number of nitrogens with zero attached hydrogens (tertiary/aromatic N) is 2. The van der Waals surface area contributed by atoms with Crippen LogP contribution in [0.15, 0.2) is 28.7 Å². The normalized spacial score (nSPS) is 23.3. The Morgan fingerprint density at radius 3 is 3.00 bits per heavy atom. The molecule has 20 heavy (non-hydrogen) atoms. The van der Waals surface area contributed by atoms with E-state index in [1.807, 2.05) is 5.51 Å². The van der Waals surface area contributed by atoms with Gasteiger partial charge in [0.2, 0.25) is 0 Å². The minimum absolute atomic E-state index is 0.712. The van der Waals surface area contributed by atoms with Gasteiger partial charge in [0, 0.05) is 12.3 Å². The van der Waals surface area contributed by atoms with Gasteiger partial charge in [-0.3, -0.25) is 4.99 Å². The predicted octanol–water partition coefficient (Wildman–Crippen LogP) is 4.79. The fourth-order valence-corrected chi connectivity index (χ4v) is 3.74. The van der Waals surface area contributed by atoms with Crippen molar-refractivity contribution in [3.05, 3.63) is 29.3 Å². The lowest BCUT2D eigenvalue weighted by atomic mass is 9.80. The zero-order chi connectivity index (χ0) is 14.1. The third kappa shape index (κ3) is 2.78. The molecule has 2 unspecified atom stereocenters. The highest BCUT2D eigenvalue weighted by Crippen LogP contribution is 2.30. The topological polar surface area (TPSA) is 25.2 Å². The van der Waals surface area contributed by atoms with E-state index >= 15 is 0 Å². The molecule has 2 nitrogen and oxygen atoms in total. The van der Waals surface area contributed by atoms with Gasteiger partial charge in [-0.15, -0.1) is 11.3 Å². The Bertz CT molecular complexity index is 627. The maximum absolute atomic E-state index is 4.82. The molecule has 106 valence electrons. The second-order valence-corrected chi connectivity index (χ2v) is 7.28. The molecule has 0 saturated carbocycles. The summed E-state index contributed by atoms with van der Waals surface area (Å²) in [7, 11) is 0. The van der Waals surface area contributed by atoms with Gasteiger partial charge >= 0.3 is 0 Å². The van der Waals surface area contributed by atoms with Gasteiger partial charge in [0.15, 0.2) is 0 Å². The summed E-state index contributed by atoms with van der Waals surface area (Å²) in [5.41, 5.74) is 5.57. The Morgan fingerprint density at radius 2 is 2.20 bits per heavy atom. The summed E-state index contributed by atoms with van der Waals surface area (Å²) in [5.74, 6) is 2.25. The Balaban J connectivity index is 1.85. The molecule has 1 aliphatic rings. The van der Waals surface area contributed by atoms with Crippen LogP contribution >= 0.6 is 11.3 Å². The second kappa shape index (κ2) is 5.65. The van der Waals surface area contributed by atoms with Crippen LogP contribution in [0.5, 0.6) is 0 Å². The van der Waals surface area contributed by atoms with E-state index in [0.29, 0.717) is 5.92 Å². The molecule has 0 N–H and O–H groups in total. The first-order chi connectivity index (χ1) is 9.63. The molecular weight excluding hydrogens is 264 g/mol. The zero-order valence-corrected chi connectivity index (χ0v) is 13.3. The van der Waals surface area contributed by atoms with Gasteiger partial charge < -0.3 is 0 Å². The van der Waals surface area contributed by atoms with Crippen LogP contribution in [0.2, 0.25) is 0 Å². The Hall–Kier alpha value is -1.22. The number of fused-ring (bicyclic) bond motifs is 1. The first-order valence-corrected chi connectivity index (χ1v) is 8.38. The van der Waals surface area contributed by atoms with Crippen molar-refractivity contribution in [3.63, 3.8) is 0 Å². The molecule has 1 aromatic heterocycles. The van der Waals surface area contributed by atoms with Crippen molar-refractivity contribution < 1.29 is 0 Å². The molecule has 3 heteroatoms. The highest BCUT2D eigenvalue weighted by molar-refractivity contribution is 7.16. The molecule has 1 aliphatic heterocycles. The van der Waals surface area contributed by atoms with Crippen LogP contribution in [0.25, 0.3) is 10.2 Å². The van der Waals surface area contributed by atoms with E-state index < -0.39 is 0 Å². The molecule has 0 bridgehead atoms. The summed E-state index contributed by atoms with van der Waals surface area (Å²) in [6, 6.07) is 6.59. The van der Waals surface area contributed by atoms with Gasteiger partial charge in [-0.05, 0) is 48.3 Å². The minimum Gasteiger partial charge on any atom is -0.289 e. The summed E-state index contributed by atoms with van der Waals surface area (Å²) in [4.78, 5) is 9.24. The first kappa shape index (κ1) is 13.7. The van der Waals surface area contributed by atoms with E-state index in [4.69, 9.17) is 4.99 Å². The van der Waals surface area contributed by atoms with Crippen LogP contribution in [-0.4, -0.2) is 17.2 Å². The number of benzene rings is 1. The molecule has 2 atom stereocenters. The average molecular weight is 286 g/mol. The van der Waals surface area contributed by atoms with E-state index in [-0.39, 0.29) is 0 Å². The lowest BCUT2D eigenvalue weighted by Crippen LogP contribution is -2.26. The highest BCUT2D eigenvalue weighted by atomic mass is 32.1. The molecule has 3 rings (SSSR count). The standard InChI is InChI=1S/C17H22N2S/c1-11(2)6-14-8-15(18-9-12(14)3)13-4-5-17-16(7-13)19-10-20-17/h4-5,7,10-12,14H,6,8-9H2,1-3H3. The average Bonchev–Trinajstić information content (AvgIpc) is 2.88. The number of rotatable bonds is 3. The largest absolute Gasteiger partial charge is 0.289 e. The van der Waals surface area contributed by atoms with Crippen molar-refractivity contribution in [2.24, 2.45) is 22.7 Å². The summed E-state index contributed by atoms with van der Waals surface area (Å²) in [5, 5.41) is 0. The van der Waals surface area contributed by atoms with Crippen molar-refractivity contribution in [1.29, 1.82) is 0 Å². The van der Waals surface area contributed by atoms with Crippen molar-refractivity contribution in [3.8, 4) is 0 Å². The van der Waals surface area contributed by atoms with Crippen molar-refractivity contribution >= 4 is 27.3 Å². The van der Waals surface area contributed by atoms with E-state index in [9.17, 15) is 0 Å². The third-order valence-corrected chi connectivity index (χ3v) is 5.08. The monoisotopic (exact) mass is 286 g/mol. The molecule has 0 fully saturated rings. The van der Waals surface area contributed by atoms with Crippen LogP contribution in [-0.2, 0) is 0 Å². The summed E-state index contributed by atoms with van der Waals surface area (Å²) in [6.45, 7) is 7.96. The Labute approximate surface area is 125 Å². The number of hydrogen-bond acceptors (Lipinski definition) is 3. The SMILES string of the molecule is CC(C)CC1CC(c2ccc3scnc3c2)=NCC1C. The molecule has 0 amide bonds. The molecule has 1 aromatic carbocycles. The summed E-state index contributed by atoms with van der Waals surface area (Å²) in [6.07, 6.45) is 2.42. The van der Waals surface area contributed by atoms with Crippen LogP contribution < -0.4 is 0 Å². The Kier molecular flexibility index (Phi) is 3.88. The van der Waals surface area contributed by atoms with Crippen molar-refractivity contribution in [2.75, 3.05) is 6.54 Å². The van der Waals surface area contributed by atoms with E-state index in [2.05, 4.69) is 44.0 Å². The highest BCUT2D eigenvalue weighted by Gasteiger charge is 2.25. The first-order valence-electron chi connectivity index (χ1n) is 7.50. The van der Waals surface area contributed by atoms with Gasteiger partial charge in [-0.25, -0.2) is 4.98 Å². The van der Waals surface area contributed by atoms with Crippen molar-refractivity contribution in [1.82, 2.24) is 4.98 Å². The lowest BCUT2D eigenvalue weighted by molar-refractivity contribution is 0.303. The summed E-state index contributed by atoms with van der Waals surface area (Å²) < 4.78 is 1.26. The molecule has 2 aromatic rings. The molecular formula is C17H22N2S. The number of hydrogen-bond donors (Lipinski definition) is 0. The smallest absolute Gasteiger partial charge is 0.0818 e. The van der Waals surface area contributed by atoms with Crippen LogP contribution in [0.4, 0.5) is 0 Å². The maximum atomic E-state index is 4.82. The zero-order valence-electron chi connectivity index (χ0n) is 12.5. The number of thiazole rings is 1. The van der Waals surface area contributed by atoms with Crippen molar-refractivity contribution in [2.45, 2.75) is 33.6 Å². The fraction of sp³-hybridized carbons (Fsp3) is 0.529. The predicted molar refractivity (Wildman–Crippen MR) is 87.8 cm³/mol.